The normalized spacial score (nSPS) is 15.6. The summed E-state index contributed by atoms with van der Waals surface area (Å²) in [6.07, 6.45) is 0.651. The van der Waals surface area contributed by atoms with E-state index in [0.29, 0.717) is 23.5 Å². The van der Waals surface area contributed by atoms with Gasteiger partial charge in [0.2, 0.25) is 0 Å². The van der Waals surface area contributed by atoms with Gasteiger partial charge in [-0.15, -0.1) is 0 Å². The lowest BCUT2D eigenvalue weighted by Gasteiger charge is -2.19. The summed E-state index contributed by atoms with van der Waals surface area (Å²) in [6, 6.07) is 14.1. The van der Waals surface area contributed by atoms with Crippen LogP contribution in [0.15, 0.2) is 48.5 Å². The van der Waals surface area contributed by atoms with Gasteiger partial charge in [0.15, 0.2) is 0 Å². The maximum atomic E-state index is 14.1. The van der Waals surface area contributed by atoms with Crippen LogP contribution in [0, 0.1) is 5.82 Å². The molecule has 3 aromatic rings. The van der Waals surface area contributed by atoms with Crippen molar-refractivity contribution < 1.29 is 23.8 Å². The average molecular weight is 394 g/mol. The number of hydrogen-bond acceptors (Lipinski definition) is 3. The maximum Gasteiger partial charge on any atom is 0.310 e. The number of benzene rings is 3. The Morgan fingerprint density at radius 3 is 2.66 bits per heavy atom. The van der Waals surface area contributed by atoms with E-state index in [2.05, 4.69) is 0 Å². The fourth-order valence-electron chi connectivity index (χ4n) is 3.94. The zero-order valence-corrected chi connectivity index (χ0v) is 16.7. The van der Waals surface area contributed by atoms with Gasteiger partial charge in [-0.05, 0) is 49.9 Å². The van der Waals surface area contributed by atoms with Crippen LogP contribution in [-0.2, 0) is 17.8 Å². The van der Waals surface area contributed by atoms with Crippen LogP contribution in [0.3, 0.4) is 0 Å². The average Bonchev–Trinajstić information content (AvgIpc) is 2.99. The summed E-state index contributed by atoms with van der Waals surface area (Å²) in [7, 11) is 0. The van der Waals surface area contributed by atoms with Crippen molar-refractivity contribution in [3.63, 3.8) is 0 Å². The Morgan fingerprint density at radius 1 is 1.21 bits per heavy atom. The molecule has 0 spiro atoms. The summed E-state index contributed by atoms with van der Waals surface area (Å²) < 4.78 is 26.2. The Morgan fingerprint density at radius 2 is 1.93 bits per heavy atom. The van der Waals surface area contributed by atoms with E-state index >= 15 is 0 Å². The molecular formula is C24H23FO4. The summed E-state index contributed by atoms with van der Waals surface area (Å²) in [5, 5.41) is 11.1. The number of hydrogen-bond donors (Lipinski definition) is 1. The molecule has 1 atom stereocenters. The van der Waals surface area contributed by atoms with Crippen molar-refractivity contribution in [1.82, 2.24) is 0 Å². The predicted octanol–water partition coefficient (Wildman–Crippen LogP) is 5.46. The highest BCUT2D eigenvalue weighted by molar-refractivity contribution is 5.94. The summed E-state index contributed by atoms with van der Waals surface area (Å²) in [5.74, 6) is -0.497. The van der Waals surface area contributed by atoms with Crippen LogP contribution in [-0.4, -0.2) is 16.7 Å². The third-order valence-corrected chi connectivity index (χ3v) is 5.34. The van der Waals surface area contributed by atoms with E-state index in [9.17, 15) is 14.3 Å². The molecule has 0 saturated carbocycles. The van der Waals surface area contributed by atoms with Crippen molar-refractivity contribution >= 4 is 16.7 Å². The maximum absolute atomic E-state index is 14.1. The molecule has 0 saturated heterocycles. The van der Waals surface area contributed by atoms with Crippen molar-refractivity contribution in [1.29, 1.82) is 0 Å². The van der Waals surface area contributed by atoms with Gasteiger partial charge < -0.3 is 14.6 Å². The lowest BCUT2D eigenvalue weighted by molar-refractivity contribution is -0.138. The van der Waals surface area contributed by atoms with Crippen LogP contribution < -0.4 is 9.47 Å². The minimum Gasteiger partial charge on any atom is -0.488 e. The fraction of sp³-hybridized carbons (Fsp3) is 0.292. The predicted molar refractivity (Wildman–Crippen MR) is 109 cm³/mol. The number of carbonyl (C=O) groups is 1. The van der Waals surface area contributed by atoms with Gasteiger partial charge >= 0.3 is 5.97 Å². The van der Waals surface area contributed by atoms with Crippen molar-refractivity contribution in [3.05, 3.63) is 71.0 Å². The fourth-order valence-corrected chi connectivity index (χ4v) is 3.94. The molecule has 0 aliphatic carbocycles. The van der Waals surface area contributed by atoms with Crippen molar-refractivity contribution in [2.24, 2.45) is 0 Å². The van der Waals surface area contributed by atoms with Gasteiger partial charge in [0.05, 0.1) is 5.92 Å². The first-order valence-corrected chi connectivity index (χ1v) is 9.63. The summed E-state index contributed by atoms with van der Waals surface area (Å²) in [6.45, 7) is 5.78. The second kappa shape index (κ2) is 7.07. The molecule has 3 aromatic carbocycles. The molecule has 1 heterocycles. The van der Waals surface area contributed by atoms with E-state index in [1.165, 1.54) is 12.1 Å². The van der Waals surface area contributed by atoms with E-state index in [1.807, 2.05) is 38.1 Å². The molecule has 0 aromatic heterocycles. The van der Waals surface area contributed by atoms with Crippen molar-refractivity contribution in [2.75, 3.05) is 0 Å². The Hall–Kier alpha value is -3.08. The van der Waals surface area contributed by atoms with Crippen LogP contribution in [0.1, 0.15) is 43.4 Å². The zero-order chi connectivity index (χ0) is 20.8. The molecule has 5 heteroatoms. The second-order valence-electron chi connectivity index (χ2n) is 8.14. The van der Waals surface area contributed by atoms with Crippen LogP contribution in [0.2, 0.25) is 0 Å². The minimum absolute atomic E-state index is 0.161. The summed E-state index contributed by atoms with van der Waals surface area (Å²) in [4.78, 5) is 11.5. The SMILES string of the molecule is CC(C(=O)O)c1ccc(OCc2cc(F)cc3c2OC(C)(C)C3)c2ccccc12. The summed E-state index contributed by atoms with van der Waals surface area (Å²) >= 11 is 0. The molecule has 150 valence electrons. The van der Waals surface area contributed by atoms with Crippen LogP contribution in [0.5, 0.6) is 11.5 Å². The first kappa shape index (κ1) is 19.2. The van der Waals surface area contributed by atoms with Gasteiger partial charge in [-0.2, -0.15) is 0 Å². The molecule has 0 radical (unpaired) electrons. The van der Waals surface area contributed by atoms with Gasteiger partial charge in [0, 0.05) is 22.9 Å². The van der Waals surface area contributed by atoms with E-state index in [4.69, 9.17) is 9.47 Å². The Labute approximate surface area is 168 Å². The largest absolute Gasteiger partial charge is 0.488 e. The molecule has 0 bridgehead atoms. The quantitative estimate of drug-likeness (QED) is 0.624. The van der Waals surface area contributed by atoms with E-state index in [-0.39, 0.29) is 18.0 Å². The highest BCUT2D eigenvalue weighted by atomic mass is 19.1. The molecule has 4 rings (SSSR count). The topological polar surface area (TPSA) is 55.8 Å². The van der Waals surface area contributed by atoms with Crippen LogP contribution >= 0.6 is 0 Å². The van der Waals surface area contributed by atoms with Gasteiger partial charge in [0.25, 0.3) is 0 Å². The standard InChI is InChI=1S/C24H23FO4/c1-14(23(26)27)18-8-9-21(20-7-5-4-6-19(18)20)28-13-16-11-17(25)10-15-12-24(2,3)29-22(15)16/h4-11,14H,12-13H2,1-3H3,(H,26,27). The smallest absolute Gasteiger partial charge is 0.310 e. The Kier molecular flexibility index (Phi) is 4.69. The second-order valence-corrected chi connectivity index (χ2v) is 8.14. The number of fused-ring (bicyclic) bond motifs is 2. The van der Waals surface area contributed by atoms with Gasteiger partial charge in [-0.1, -0.05) is 30.3 Å². The van der Waals surface area contributed by atoms with Gasteiger partial charge in [-0.25, -0.2) is 4.39 Å². The molecule has 29 heavy (non-hydrogen) atoms. The number of rotatable bonds is 5. The zero-order valence-electron chi connectivity index (χ0n) is 16.7. The number of ether oxygens (including phenoxy) is 2. The van der Waals surface area contributed by atoms with Crippen LogP contribution in [0.25, 0.3) is 10.8 Å². The molecule has 1 aliphatic rings. The van der Waals surface area contributed by atoms with Crippen molar-refractivity contribution in [2.45, 2.75) is 45.3 Å². The van der Waals surface area contributed by atoms with Gasteiger partial charge in [-0.3, -0.25) is 4.79 Å². The summed E-state index contributed by atoms with van der Waals surface area (Å²) in [5.41, 5.74) is 1.88. The highest BCUT2D eigenvalue weighted by Gasteiger charge is 2.32. The lowest BCUT2D eigenvalue weighted by atomic mass is 9.94. The number of carboxylic acid groups (broad SMARTS) is 1. The highest BCUT2D eigenvalue weighted by Crippen LogP contribution is 2.39. The lowest BCUT2D eigenvalue weighted by Crippen LogP contribution is -2.25. The first-order chi connectivity index (χ1) is 13.7. The van der Waals surface area contributed by atoms with E-state index in [0.717, 1.165) is 21.9 Å². The number of halogens is 1. The van der Waals surface area contributed by atoms with Gasteiger partial charge in [0.1, 0.15) is 29.5 Å². The molecule has 0 fully saturated rings. The molecule has 1 aliphatic heterocycles. The first-order valence-electron chi connectivity index (χ1n) is 9.63. The Bertz CT molecular complexity index is 1100. The minimum atomic E-state index is -0.876. The monoisotopic (exact) mass is 394 g/mol. The van der Waals surface area contributed by atoms with Crippen molar-refractivity contribution in [3.8, 4) is 11.5 Å². The third kappa shape index (κ3) is 3.65. The molecule has 4 nitrogen and oxygen atoms in total. The van der Waals surface area contributed by atoms with Crippen LogP contribution in [0.4, 0.5) is 4.39 Å². The molecular weight excluding hydrogens is 371 g/mol. The number of carboxylic acids is 1. The third-order valence-electron chi connectivity index (χ3n) is 5.34. The molecule has 1 unspecified atom stereocenters. The Balaban J connectivity index is 1.68. The van der Waals surface area contributed by atoms with E-state index < -0.39 is 11.9 Å². The molecule has 0 amide bonds. The molecule has 1 N–H and O–H groups in total. The van der Waals surface area contributed by atoms with E-state index in [1.54, 1.807) is 19.1 Å². The number of aliphatic carboxylic acids is 1.